The highest BCUT2D eigenvalue weighted by Crippen LogP contribution is 2.21. The van der Waals surface area contributed by atoms with E-state index in [4.69, 9.17) is 4.74 Å². The van der Waals surface area contributed by atoms with Crippen molar-refractivity contribution in [1.29, 1.82) is 0 Å². The Hall–Kier alpha value is -2.56. The third-order valence-corrected chi connectivity index (χ3v) is 3.98. The van der Waals surface area contributed by atoms with E-state index in [2.05, 4.69) is 9.88 Å². The summed E-state index contributed by atoms with van der Waals surface area (Å²) >= 11 is 0. The summed E-state index contributed by atoms with van der Waals surface area (Å²) in [6.07, 6.45) is 2.86. The molecule has 3 rings (SSSR count). The van der Waals surface area contributed by atoms with Crippen LogP contribution in [0.25, 0.3) is 0 Å². The highest BCUT2D eigenvalue weighted by atomic mass is 16.5. The van der Waals surface area contributed by atoms with E-state index in [1.807, 2.05) is 25.3 Å². The second kappa shape index (κ2) is 5.67. The Morgan fingerprint density at radius 3 is 2.73 bits per heavy atom. The number of esters is 1. The van der Waals surface area contributed by atoms with Crippen molar-refractivity contribution in [2.24, 2.45) is 0 Å². The first-order chi connectivity index (χ1) is 10.6. The largest absolute Gasteiger partial charge is 0.465 e. The smallest absolute Gasteiger partial charge is 0.337 e. The first-order valence-electron chi connectivity index (χ1n) is 7.24. The first-order valence-corrected chi connectivity index (χ1v) is 7.24. The maximum atomic E-state index is 11.9. The Bertz CT molecular complexity index is 729. The van der Waals surface area contributed by atoms with Crippen molar-refractivity contribution in [2.45, 2.75) is 19.9 Å². The van der Waals surface area contributed by atoms with E-state index in [1.165, 1.54) is 7.11 Å². The summed E-state index contributed by atoms with van der Waals surface area (Å²) in [4.78, 5) is 23.4. The molecule has 0 radical (unpaired) electrons. The molecule has 0 saturated heterocycles. The predicted molar refractivity (Wildman–Crippen MR) is 82.1 cm³/mol. The molecule has 22 heavy (non-hydrogen) atoms. The van der Waals surface area contributed by atoms with Gasteiger partial charge in [0.1, 0.15) is 0 Å². The predicted octanol–water partition coefficient (Wildman–Crippen LogP) is 1.92. The van der Waals surface area contributed by atoms with E-state index in [0.717, 1.165) is 28.8 Å². The second-order valence-electron chi connectivity index (χ2n) is 5.46. The molecule has 0 saturated carbocycles. The van der Waals surface area contributed by atoms with Gasteiger partial charge in [-0.15, -0.1) is 0 Å². The number of methoxy groups -OCH3 is 1. The van der Waals surface area contributed by atoms with Crippen LogP contribution in [-0.2, 0) is 17.7 Å². The van der Waals surface area contributed by atoms with Gasteiger partial charge in [-0.25, -0.2) is 4.79 Å². The molecule has 1 aromatic carbocycles. The van der Waals surface area contributed by atoms with E-state index >= 15 is 0 Å². The van der Waals surface area contributed by atoms with Crippen molar-refractivity contribution in [2.75, 3.05) is 13.7 Å². The van der Waals surface area contributed by atoms with Crippen molar-refractivity contribution in [1.82, 2.24) is 9.88 Å². The van der Waals surface area contributed by atoms with Gasteiger partial charge in [-0.3, -0.25) is 4.79 Å². The summed E-state index contributed by atoms with van der Waals surface area (Å²) in [5.74, 6) is -0.323. The Morgan fingerprint density at radius 1 is 1.32 bits per heavy atom. The molecule has 2 heterocycles. The van der Waals surface area contributed by atoms with Gasteiger partial charge < -0.3 is 14.6 Å². The van der Waals surface area contributed by atoms with Crippen molar-refractivity contribution < 1.29 is 14.3 Å². The molecule has 0 spiro atoms. The van der Waals surface area contributed by atoms with E-state index in [9.17, 15) is 9.59 Å². The maximum Gasteiger partial charge on any atom is 0.337 e. The quantitative estimate of drug-likeness (QED) is 0.881. The monoisotopic (exact) mass is 298 g/mol. The molecular formula is C17H18N2O3. The van der Waals surface area contributed by atoms with E-state index < -0.39 is 0 Å². The molecule has 0 atom stereocenters. The van der Waals surface area contributed by atoms with Crippen LogP contribution >= 0.6 is 0 Å². The van der Waals surface area contributed by atoms with Gasteiger partial charge in [0, 0.05) is 31.4 Å². The molecule has 1 aromatic heterocycles. The number of aryl methyl sites for hydroxylation is 1. The molecule has 0 bridgehead atoms. The van der Waals surface area contributed by atoms with Gasteiger partial charge in [0.15, 0.2) is 0 Å². The van der Waals surface area contributed by atoms with Gasteiger partial charge in [-0.1, -0.05) is 12.1 Å². The number of carbonyl (C=O) groups excluding carboxylic acids is 2. The zero-order valence-corrected chi connectivity index (χ0v) is 12.7. The molecule has 5 heteroatoms. The van der Waals surface area contributed by atoms with E-state index in [-0.39, 0.29) is 11.9 Å². The van der Waals surface area contributed by atoms with Crippen LogP contribution < -0.4 is 5.32 Å². The topological polar surface area (TPSA) is 60.3 Å². The number of amides is 1. The molecule has 1 amide bonds. The van der Waals surface area contributed by atoms with E-state index in [0.29, 0.717) is 18.7 Å². The number of benzene rings is 1. The summed E-state index contributed by atoms with van der Waals surface area (Å²) in [6.45, 7) is 3.32. The normalized spacial score (nSPS) is 13.5. The lowest BCUT2D eigenvalue weighted by atomic mass is 10.1. The Balaban J connectivity index is 1.86. The second-order valence-corrected chi connectivity index (χ2v) is 5.46. The highest BCUT2D eigenvalue weighted by molar-refractivity contribution is 5.98. The fourth-order valence-corrected chi connectivity index (χ4v) is 2.91. The minimum absolute atomic E-state index is 0.0125. The zero-order chi connectivity index (χ0) is 15.7. The molecule has 1 N–H and O–H groups in total. The van der Waals surface area contributed by atoms with Crippen molar-refractivity contribution >= 4 is 11.9 Å². The molecule has 114 valence electrons. The van der Waals surface area contributed by atoms with Crippen LogP contribution in [0.3, 0.4) is 0 Å². The SMILES string of the molecule is COC(=O)c1ccc(Cn2cc(C)c3c2CCNC3=O)cc1. The number of hydrogen-bond acceptors (Lipinski definition) is 3. The molecule has 2 aromatic rings. The van der Waals surface area contributed by atoms with Crippen LogP contribution in [0.4, 0.5) is 0 Å². The van der Waals surface area contributed by atoms with Gasteiger partial charge >= 0.3 is 5.97 Å². The highest BCUT2D eigenvalue weighted by Gasteiger charge is 2.23. The van der Waals surface area contributed by atoms with Gasteiger partial charge in [-0.2, -0.15) is 0 Å². The number of ether oxygens (including phenoxy) is 1. The van der Waals surface area contributed by atoms with Gasteiger partial charge in [0.05, 0.1) is 18.2 Å². The van der Waals surface area contributed by atoms with Crippen molar-refractivity contribution in [3.8, 4) is 0 Å². The Morgan fingerprint density at radius 2 is 2.05 bits per heavy atom. The number of hydrogen-bond donors (Lipinski definition) is 1. The lowest BCUT2D eigenvalue weighted by Crippen LogP contribution is -2.32. The third kappa shape index (κ3) is 2.50. The van der Waals surface area contributed by atoms with Crippen LogP contribution in [-0.4, -0.2) is 30.1 Å². The van der Waals surface area contributed by atoms with Gasteiger partial charge in [0.25, 0.3) is 5.91 Å². The fraction of sp³-hybridized carbons (Fsp3) is 0.294. The summed E-state index contributed by atoms with van der Waals surface area (Å²) in [7, 11) is 1.37. The van der Waals surface area contributed by atoms with Crippen molar-refractivity contribution in [3.63, 3.8) is 0 Å². The minimum atomic E-state index is -0.336. The molecule has 0 fully saturated rings. The molecule has 0 aliphatic carbocycles. The zero-order valence-electron chi connectivity index (χ0n) is 12.7. The standard InChI is InChI=1S/C17H18N2O3/c1-11-9-19(14-7-8-18-16(20)15(11)14)10-12-3-5-13(6-4-12)17(21)22-2/h3-6,9H,7-8,10H2,1-2H3,(H,18,20). The lowest BCUT2D eigenvalue weighted by molar-refractivity contribution is 0.0600. The number of aromatic nitrogens is 1. The Labute approximate surface area is 128 Å². The van der Waals surface area contributed by atoms with Gasteiger partial charge in [0.2, 0.25) is 0 Å². The molecule has 0 unspecified atom stereocenters. The number of rotatable bonds is 3. The Kier molecular flexibility index (Phi) is 3.71. The van der Waals surface area contributed by atoms with Crippen LogP contribution in [0.5, 0.6) is 0 Å². The molecular weight excluding hydrogens is 280 g/mol. The molecule has 1 aliphatic rings. The average Bonchev–Trinajstić information content (AvgIpc) is 2.85. The minimum Gasteiger partial charge on any atom is -0.465 e. The van der Waals surface area contributed by atoms with E-state index in [1.54, 1.807) is 12.1 Å². The third-order valence-electron chi connectivity index (χ3n) is 3.98. The first kappa shape index (κ1) is 14.4. The van der Waals surface area contributed by atoms with Crippen LogP contribution in [0.2, 0.25) is 0 Å². The average molecular weight is 298 g/mol. The summed E-state index contributed by atoms with van der Waals surface area (Å²) in [6, 6.07) is 7.35. The van der Waals surface area contributed by atoms with Crippen LogP contribution in [0.15, 0.2) is 30.5 Å². The fourth-order valence-electron chi connectivity index (χ4n) is 2.91. The molecule has 1 aliphatic heterocycles. The summed E-state index contributed by atoms with van der Waals surface area (Å²) in [5, 5.41) is 2.88. The van der Waals surface area contributed by atoms with Crippen molar-refractivity contribution in [3.05, 3.63) is 58.4 Å². The van der Waals surface area contributed by atoms with Crippen LogP contribution in [0, 0.1) is 6.92 Å². The lowest BCUT2D eigenvalue weighted by Gasteiger charge is -2.16. The summed E-state index contributed by atoms with van der Waals surface area (Å²) in [5.41, 5.74) is 4.50. The number of nitrogens with zero attached hydrogens (tertiary/aromatic N) is 1. The van der Waals surface area contributed by atoms with Crippen LogP contribution in [0.1, 0.15) is 37.5 Å². The molecule has 5 nitrogen and oxygen atoms in total. The number of fused-ring (bicyclic) bond motifs is 1. The number of nitrogens with one attached hydrogen (secondary N) is 1. The maximum absolute atomic E-state index is 11.9. The number of carbonyl (C=O) groups is 2. The summed E-state index contributed by atoms with van der Waals surface area (Å²) < 4.78 is 6.82. The van der Waals surface area contributed by atoms with Gasteiger partial charge in [-0.05, 0) is 30.2 Å².